The third kappa shape index (κ3) is 5.69. The molecule has 0 aliphatic carbocycles. The van der Waals surface area contributed by atoms with Crippen molar-refractivity contribution < 1.29 is 14.7 Å². The van der Waals surface area contributed by atoms with Gasteiger partial charge >= 0.3 is 5.97 Å². The summed E-state index contributed by atoms with van der Waals surface area (Å²) in [4.78, 5) is 43.0. The number of carboxylic acids is 1. The van der Waals surface area contributed by atoms with Crippen LogP contribution in [0.1, 0.15) is 61.0 Å². The molecule has 0 unspecified atom stereocenters. The van der Waals surface area contributed by atoms with Crippen molar-refractivity contribution in [2.75, 3.05) is 0 Å². The van der Waals surface area contributed by atoms with Gasteiger partial charge in [0.15, 0.2) is 0 Å². The van der Waals surface area contributed by atoms with E-state index >= 15 is 0 Å². The van der Waals surface area contributed by atoms with E-state index in [4.69, 9.17) is 0 Å². The Morgan fingerprint density at radius 2 is 1.76 bits per heavy atom. The first-order valence-electron chi connectivity index (χ1n) is 12.8. The normalized spacial score (nSPS) is 13.0. The van der Waals surface area contributed by atoms with E-state index in [1.165, 1.54) is 10.6 Å². The molecule has 0 spiro atoms. The molecule has 198 valence electrons. The van der Waals surface area contributed by atoms with E-state index < -0.39 is 24.0 Å². The van der Waals surface area contributed by atoms with Crippen molar-refractivity contribution >= 4 is 17.5 Å². The van der Waals surface area contributed by atoms with Crippen molar-refractivity contribution in [3.63, 3.8) is 0 Å². The molecular formula is C30H34N4O4. The molecule has 8 nitrogen and oxygen atoms in total. The van der Waals surface area contributed by atoms with Crippen molar-refractivity contribution in [1.82, 2.24) is 19.3 Å². The second-order valence-electron chi connectivity index (χ2n) is 10.4. The van der Waals surface area contributed by atoms with Crippen LogP contribution in [0.4, 0.5) is 0 Å². The number of benzene rings is 1. The molecule has 1 amide bonds. The molecule has 0 bridgehead atoms. The predicted molar refractivity (Wildman–Crippen MR) is 147 cm³/mol. The second-order valence-corrected chi connectivity index (χ2v) is 10.4. The Hall–Kier alpha value is -4.20. The van der Waals surface area contributed by atoms with Crippen LogP contribution >= 0.6 is 0 Å². The highest BCUT2D eigenvalue weighted by Gasteiger charge is 2.28. The first-order chi connectivity index (χ1) is 18.0. The van der Waals surface area contributed by atoms with Gasteiger partial charge in [-0.15, -0.1) is 0 Å². The molecule has 2 atom stereocenters. The molecule has 0 aliphatic rings. The van der Waals surface area contributed by atoms with Crippen molar-refractivity contribution in [3.8, 4) is 11.1 Å². The lowest BCUT2D eigenvalue weighted by Crippen LogP contribution is -2.40. The fraction of sp³-hybridized carbons (Fsp3) is 0.333. The van der Waals surface area contributed by atoms with Crippen molar-refractivity contribution in [3.05, 3.63) is 93.8 Å². The Morgan fingerprint density at radius 3 is 2.39 bits per heavy atom. The van der Waals surface area contributed by atoms with Crippen LogP contribution in [-0.2, 0) is 9.59 Å². The lowest BCUT2D eigenvalue weighted by molar-refractivity contribution is -0.138. The molecule has 0 fully saturated rings. The fourth-order valence-electron chi connectivity index (χ4n) is 5.04. The number of aliphatic carboxylic acids is 1. The summed E-state index contributed by atoms with van der Waals surface area (Å²) in [5.41, 5.74) is 5.84. The summed E-state index contributed by atoms with van der Waals surface area (Å²) in [7, 11) is 0. The van der Waals surface area contributed by atoms with E-state index in [9.17, 15) is 19.5 Å². The third-order valence-corrected chi connectivity index (χ3v) is 6.79. The van der Waals surface area contributed by atoms with E-state index in [0.717, 1.165) is 27.8 Å². The van der Waals surface area contributed by atoms with Gasteiger partial charge in [0.2, 0.25) is 5.91 Å². The summed E-state index contributed by atoms with van der Waals surface area (Å²) < 4.78 is 3.28. The van der Waals surface area contributed by atoms with E-state index in [0.29, 0.717) is 17.6 Å². The van der Waals surface area contributed by atoms with E-state index in [1.54, 1.807) is 18.5 Å². The number of carboxylic acid groups (broad SMARTS) is 1. The fourth-order valence-corrected chi connectivity index (χ4v) is 5.04. The number of hydrogen-bond donors (Lipinski definition) is 2. The third-order valence-electron chi connectivity index (χ3n) is 6.79. The number of fused-ring (bicyclic) bond motifs is 1. The van der Waals surface area contributed by atoms with Gasteiger partial charge in [0.1, 0.15) is 11.7 Å². The van der Waals surface area contributed by atoms with Gasteiger partial charge in [0, 0.05) is 36.4 Å². The number of nitrogens with zero attached hydrogens (tertiary/aromatic N) is 3. The number of rotatable bonds is 9. The molecule has 38 heavy (non-hydrogen) atoms. The highest BCUT2D eigenvalue weighted by atomic mass is 16.4. The zero-order valence-electron chi connectivity index (χ0n) is 22.4. The number of hydrogen-bond acceptors (Lipinski definition) is 4. The van der Waals surface area contributed by atoms with Gasteiger partial charge in [-0.2, -0.15) is 0 Å². The topological polar surface area (TPSA) is 106 Å². The van der Waals surface area contributed by atoms with Crippen molar-refractivity contribution in [1.29, 1.82) is 0 Å². The van der Waals surface area contributed by atoms with Gasteiger partial charge in [-0.25, -0.2) is 4.98 Å². The molecule has 1 aromatic carbocycles. The Balaban J connectivity index is 1.81. The van der Waals surface area contributed by atoms with Crippen LogP contribution in [-0.4, -0.2) is 30.9 Å². The average Bonchev–Trinajstić information content (AvgIpc) is 3.30. The number of nitrogens with one attached hydrogen (secondary N) is 1. The molecule has 4 rings (SSSR count). The minimum atomic E-state index is -1.05. The van der Waals surface area contributed by atoms with E-state index in [-0.39, 0.29) is 17.9 Å². The molecular weight excluding hydrogens is 480 g/mol. The zero-order valence-corrected chi connectivity index (χ0v) is 22.4. The Morgan fingerprint density at radius 1 is 1.05 bits per heavy atom. The number of carbonyl (C=O) groups excluding carboxylic acids is 1. The number of pyridine rings is 2. The number of imidazole rings is 1. The molecule has 0 radical (unpaired) electrons. The van der Waals surface area contributed by atoms with Gasteiger partial charge in [-0.3, -0.25) is 14.4 Å². The molecule has 2 N–H and O–H groups in total. The summed E-state index contributed by atoms with van der Waals surface area (Å²) in [5.74, 6) is -1.33. The summed E-state index contributed by atoms with van der Waals surface area (Å²) >= 11 is 0. The summed E-state index contributed by atoms with van der Waals surface area (Å²) in [6.07, 6.45) is 7.15. The highest BCUT2D eigenvalue weighted by Crippen LogP contribution is 2.32. The maximum Gasteiger partial charge on any atom is 0.305 e. The van der Waals surface area contributed by atoms with Crippen molar-refractivity contribution in [2.24, 2.45) is 5.92 Å². The highest BCUT2D eigenvalue weighted by molar-refractivity contribution is 5.82. The molecule has 8 heteroatoms. The van der Waals surface area contributed by atoms with Crippen LogP contribution < -0.4 is 10.9 Å². The summed E-state index contributed by atoms with van der Waals surface area (Å²) in [6.45, 7) is 9.86. The zero-order chi connectivity index (χ0) is 27.6. The molecule has 0 aliphatic heterocycles. The Bertz CT molecular complexity index is 1530. The molecule has 0 saturated carbocycles. The van der Waals surface area contributed by atoms with Gasteiger partial charge in [-0.05, 0) is 73.1 Å². The maximum atomic E-state index is 13.7. The van der Waals surface area contributed by atoms with Crippen LogP contribution in [0.5, 0.6) is 0 Å². The van der Waals surface area contributed by atoms with Crippen LogP contribution in [0.25, 0.3) is 16.8 Å². The average molecular weight is 515 g/mol. The van der Waals surface area contributed by atoms with Crippen LogP contribution in [0, 0.1) is 26.7 Å². The minimum Gasteiger partial charge on any atom is -0.481 e. The number of aromatic nitrogens is 3. The van der Waals surface area contributed by atoms with Gasteiger partial charge in [0.25, 0.3) is 5.56 Å². The Labute approximate surface area is 222 Å². The van der Waals surface area contributed by atoms with Gasteiger partial charge in [-0.1, -0.05) is 32.0 Å². The van der Waals surface area contributed by atoms with Gasteiger partial charge in [0.05, 0.1) is 12.5 Å². The number of carbonyl (C=O) groups is 2. The van der Waals surface area contributed by atoms with Crippen LogP contribution in [0.15, 0.2) is 66.0 Å². The van der Waals surface area contributed by atoms with Gasteiger partial charge < -0.3 is 19.4 Å². The lowest BCUT2D eigenvalue weighted by atomic mass is 9.94. The predicted octanol–water partition coefficient (Wildman–Crippen LogP) is 5.01. The summed E-state index contributed by atoms with van der Waals surface area (Å²) in [5, 5.41) is 12.8. The monoisotopic (exact) mass is 514 g/mol. The first-order valence-corrected chi connectivity index (χ1v) is 12.8. The second kappa shape index (κ2) is 11.0. The van der Waals surface area contributed by atoms with Crippen LogP contribution in [0.2, 0.25) is 0 Å². The largest absolute Gasteiger partial charge is 0.481 e. The number of amides is 1. The van der Waals surface area contributed by atoms with E-state index in [1.807, 2.05) is 75.7 Å². The Kier molecular flexibility index (Phi) is 7.80. The number of aryl methyl sites for hydroxylation is 3. The minimum absolute atomic E-state index is 0.128. The van der Waals surface area contributed by atoms with Crippen LogP contribution in [0.3, 0.4) is 0 Å². The smallest absolute Gasteiger partial charge is 0.305 e. The lowest BCUT2D eigenvalue weighted by Gasteiger charge is -2.25. The summed E-state index contributed by atoms with van der Waals surface area (Å²) in [6, 6.07) is 9.64. The molecule has 3 aromatic heterocycles. The van der Waals surface area contributed by atoms with Crippen molar-refractivity contribution in [2.45, 2.75) is 59.5 Å². The quantitative estimate of drug-likeness (QED) is 0.327. The first kappa shape index (κ1) is 26.9. The molecule has 3 heterocycles. The SMILES string of the molecule is Cc1ccn([C@@H](CC(C)C)C(=O)N[C@@H](CC(=O)O)c2cc(-c3c(C)cccc3C)cn3ccnc23)c(=O)c1. The molecule has 0 saturated heterocycles. The maximum absolute atomic E-state index is 13.7. The standard InChI is InChI=1S/C30H34N4O4/c1-18(2)13-25(34-11-9-19(3)14-26(34)35)30(38)32-24(16-27(36)37)23-15-22(17-33-12-10-31-29(23)33)28-20(4)7-6-8-21(28)5/h6-12,14-15,17-18,24-25H,13,16H2,1-5H3,(H,32,38)(H,36,37)/t24-,25-/m0/s1. The molecule has 4 aromatic rings. The van der Waals surface area contributed by atoms with E-state index in [2.05, 4.69) is 10.3 Å².